The summed E-state index contributed by atoms with van der Waals surface area (Å²) < 4.78 is 12.7. The van der Waals surface area contributed by atoms with Crippen LogP contribution >= 0.6 is 0 Å². The number of amides is 1. The Morgan fingerprint density at radius 2 is 1.69 bits per heavy atom. The molecule has 5 aromatic rings. The molecule has 0 fully saturated rings. The third kappa shape index (κ3) is 3.47. The first-order valence-electron chi connectivity index (χ1n) is 10.3. The van der Waals surface area contributed by atoms with Crippen LogP contribution in [0.4, 0.5) is 5.69 Å². The maximum absolute atomic E-state index is 12.8. The molecular weight excluding hydrogens is 404 g/mol. The van der Waals surface area contributed by atoms with Crippen LogP contribution in [0.5, 0.6) is 11.5 Å². The van der Waals surface area contributed by atoms with Gasteiger partial charge in [0.05, 0.1) is 36.5 Å². The molecule has 2 aromatic heterocycles. The minimum Gasteiger partial charge on any atom is -0.497 e. The van der Waals surface area contributed by atoms with Crippen molar-refractivity contribution in [1.29, 1.82) is 0 Å². The number of methoxy groups -OCH3 is 2. The van der Waals surface area contributed by atoms with Crippen molar-refractivity contribution in [2.45, 2.75) is 13.0 Å². The van der Waals surface area contributed by atoms with Gasteiger partial charge in [-0.3, -0.25) is 4.79 Å². The van der Waals surface area contributed by atoms with Gasteiger partial charge in [0.25, 0.3) is 0 Å². The molecular formula is C25H22N4O3. The van der Waals surface area contributed by atoms with Crippen LogP contribution in [0.1, 0.15) is 6.42 Å². The number of hydrogen-bond donors (Lipinski definition) is 1. The predicted molar refractivity (Wildman–Crippen MR) is 125 cm³/mol. The maximum Gasteiger partial charge on any atom is 0.226 e. The zero-order chi connectivity index (χ0) is 22.1. The van der Waals surface area contributed by atoms with E-state index in [-0.39, 0.29) is 12.3 Å². The fourth-order valence-corrected chi connectivity index (χ4v) is 3.94. The zero-order valence-electron chi connectivity index (χ0n) is 17.8. The van der Waals surface area contributed by atoms with Gasteiger partial charge in [-0.2, -0.15) is 0 Å². The number of aromatic nitrogens is 3. The first-order chi connectivity index (χ1) is 15.7. The van der Waals surface area contributed by atoms with Crippen molar-refractivity contribution in [3.63, 3.8) is 0 Å². The van der Waals surface area contributed by atoms with Crippen molar-refractivity contribution < 1.29 is 14.3 Å². The van der Waals surface area contributed by atoms with E-state index in [1.54, 1.807) is 32.4 Å². The normalized spacial score (nSPS) is 11.2. The Labute approximate surface area is 184 Å². The number of nitrogens with zero attached hydrogens (tertiary/aromatic N) is 3. The molecule has 0 saturated heterocycles. The molecule has 0 atom stereocenters. The number of aryl methyl sites for hydroxylation is 1. The van der Waals surface area contributed by atoms with Crippen molar-refractivity contribution in [2.24, 2.45) is 0 Å². The summed E-state index contributed by atoms with van der Waals surface area (Å²) in [5, 5.41) is 3.96. The molecule has 2 heterocycles. The van der Waals surface area contributed by atoms with E-state index in [0.29, 0.717) is 23.7 Å². The molecule has 32 heavy (non-hydrogen) atoms. The van der Waals surface area contributed by atoms with Gasteiger partial charge in [-0.05, 0) is 30.3 Å². The largest absolute Gasteiger partial charge is 0.497 e. The molecule has 0 aliphatic heterocycles. The van der Waals surface area contributed by atoms with Crippen LogP contribution in [0, 0.1) is 0 Å². The van der Waals surface area contributed by atoms with E-state index in [0.717, 1.165) is 33.1 Å². The van der Waals surface area contributed by atoms with Crippen molar-refractivity contribution in [1.82, 2.24) is 14.5 Å². The van der Waals surface area contributed by atoms with Gasteiger partial charge in [0, 0.05) is 24.4 Å². The highest BCUT2D eigenvalue weighted by Crippen LogP contribution is 2.30. The number of hydrogen-bond acceptors (Lipinski definition) is 5. The van der Waals surface area contributed by atoms with E-state index in [1.165, 1.54) is 0 Å². The van der Waals surface area contributed by atoms with E-state index >= 15 is 0 Å². The summed E-state index contributed by atoms with van der Waals surface area (Å²) in [7, 11) is 3.15. The Bertz CT molecular complexity index is 1460. The molecule has 0 saturated carbocycles. The molecule has 7 nitrogen and oxygen atoms in total. The Hall–Kier alpha value is -4.13. The minimum atomic E-state index is -0.117. The lowest BCUT2D eigenvalue weighted by molar-refractivity contribution is -0.116. The Balaban J connectivity index is 1.46. The van der Waals surface area contributed by atoms with Crippen LogP contribution in [-0.2, 0) is 11.3 Å². The first kappa shape index (κ1) is 19.8. The Kier molecular flexibility index (Phi) is 5.07. The molecule has 5 rings (SSSR count). The lowest BCUT2D eigenvalue weighted by Gasteiger charge is -2.12. The topological polar surface area (TPSA) is 78.3 Å². The summed E-state index contributed by atoms with van der Waals surface area (Å²) in [6.07, 6.45) is 0.275. The third-order valence-electron chi connectivity index (χ3n) is 5.50. The van der Waals surface area contributed by atoms with Crippen molar-refractivity contribution in [3.05, 3.63) is 66.7 Å². The first-order valence-corrected chi connectivity index (χ1v) is 10.3. The summed E-state index contributed by atoms with van der Waals surface area (Å²) in [6.45, 7) is 0.474. The average molecular weight is 426 g/mol. The van der Waals surface area contributed by atoms with Crippen molar-refractivity contribution in [3.8, 4) is 11.5 Å². The predicted octanol–water partition coefficient (Wildman–Crippen LogP) is 4.78. The number of nitrogens with one attached hydrogen (secondary N) is 1. The summed E-state index contributed by atoms with van der Waals surface area (Å²) in [4.78, 5) is 22.5. The van der Waals surface area contributed by atoms with E-state index in [4.69, 9.17) is 19.4 Å². The number of benzene rings is 3. The molecule has 0 radical (unpaired) electrons. The number of carbonyl (C=O) groups is 1. The minimum absolute atomic E-state index is 0.117. The van der Waals surface area contributed by atoms with Gasteiger partial charge in [-0.15, -0.1) is 0 Å². The molecule has 1 amide bonds. The maximum atomic E-state index is 12.8. The highest BCUT2D eigenvalue weighted by atomic mass is 16.5. The molecule has 0 aliphatic rings. The molecule has 0 unspecified atom stereocenters. The molecule has 0 bridgehead atoms. The second-order valence-electron chi connectivity index (χ2n) is 7.42. The van der Waals surface area contributed by atoms with Crippen LogP contribution in [0.3, 0.4) is 0 Å². The van der Waals surface area contributed by atoms with Crippen LogP contribution in [0.2, 0.25) is 0 Å². The van der Waals surface area contributed by atoms with E-state index in [2.05, 4.69) is 9.88 Å². The molecule has 160 valence electrons. The molecule has 1 N–H and O–H groups in total. The van der Waals surface area contributed by atoms with E-state index < -0.39 is 0 Å². The number of anilines is 1. The van der Waals surface area contributed by atoms with Crippen LogP contribution in [0.15, 0.2) is 66.7 Å². The fraction of sp³-hybridized carbons (Fsp3) is 0.160. The monoisotopic (exact) mass is 426 g/mol. The summed E-state index contributed by atoms with van der Waals surface area (Å²) in [6, 6.07) is 21.2. The number of fused-ring (bicyclic) bond motifs is 4. The second-order valence-corrected chi connectivity index (χ2v) is 7.42. The van der Waals surface area contributed by atoms with Gasteiger partial charge in [0.1, 0.15) is 17.0 Å². The van der Waals surface area contributed by atoms with Gasteiger partial charge < -0.3 is 19.4 Å². The number of carbonyl (C=O) groups excluding carboxylic acids is 1. The average Bonchev–Trinajstić information content (AvgIpc) is 3.14. The smallest absolute Gasteiger partial charge is 0.226 e. The van der Waals surface area contributed by atoms with Crippen LogP contribution in [0.25, 0.3) is 33.1 Å². The van der Waals surface area contributed by atoms with Crippen molar-refractivity contribution in [2.75, 3.05) is 19.5 Å². The lowest BCUT2D eigenvalue weighted by atomic mass is 10.2. The fourth-order valence-electron chi connectivity index (χ4n) is 3.94. The quantitative estimate of drug-likeness (QED) is 0.423. The second kappa shape index (κ2) is 8.19. The summed E-state index contributed by atoms with van der Waals surface area (Å²) in [5.74, 6) is 1.09. The van der Waals surface area contributed by atoms with Gasteiger partial charge in [-0.25, -0.2) is 9.97 Å². The Morgan fingerprint density at radius 1 is 0.938 bits per heavy atom. The molecule has 7 heteroatoms. The number of ether oxygens (including phenoxy) is 2. The highest BCUT2D eigenvalue weighted by molar-refractivity contribution is 6.06. The van der Waals surface area contributed by atoms with Gasteiger partial charge >= 0.3 is 0 Å². The third-order valence-corrected chi connectivity index (χ3v) is 5.50. The van der Waals surface area contributed by atoms with E-state index in [1.807, 2.05) is 48.5 Å². The van der Waals surface area contributed by atoms with Gasteiger partial charge in [0.15, 0.2) is 5.65 Å². The Morgan fingerprint density at radius 3 is 2.47 bits per heavy atom. The van der Waals surface area contributed by atoms with Gasteiger partial charge in [0.2, 0.25) is 5.91 Å². The standard InChI is InChI=1S/C25H22N4O3/c1-31-16-11-12-20(22(15-16)32-2)26-23(30)13-14-29-21-10-6-3-7-17(21)24-25(29)28-19-9-5-4-8-18(19)27-24/h3-12,15H,13-14H2,1-2H3,(H,26,30). The van der Waals surface area contributed by atoms with E-state index in [9.17, 15) is 4.79 Å². The zero-order valence-corrected chi connectivity index (χ0v) is 17.8. The SMILES string of the molecule is COc1ccc(NC(=O)CCn2c3ccccc3c3nc4ccccc4nc32)c(OC)c1. The molecule has 3 aromatic carbocycles. The summed E-state index contributed by atoms with van der Waals surface area (Å²) >= 11 is 0. The number of para-hydroxylation sites is 3. The summed E-state index contributed by atoms with van der Waals surface area (Å²) in [5.41, 5.74) is 4.92. The van der Waals surface area contributed by atoms with Crippen molar-refractivity contribution >= 4 is 44.7 Å². The lowest BCUT2D eigenvalue weighted by Crippen LogP contribution is -2.15. The van der Waals surface area contributed by atoms with Crippen LogP contribution < -0.4 is 14.8 Å². The number of rotatable bonds is 6. The highest BCUT2D eigenvalue weighted by Gasteiger charge is 2.16. The molecule has 0 spiro atoms. The van der Waals surface area contributed by atoms with Gasteiger partial charge in [-0.1, -0.05) is 30.3 Å². The van der Waals surface area contributed by atoms with Crippen LogP contribution in [-0.4, -0.2) is 34.7 Å². The molecule has 0 aliphatic carbocycles.